The maximum atomic E-state index is 12.6. The van der Waals surface area contributed by atoms with Crippen molar-refractivity contribution in [1.82, 2.24) is 4.90 Å². The molecule has 0 spiro atoms. The van der Waals surface area contributed by atoms with Crippen LogP contribution in [0.4, 0.5) is 0 Å². The zero-order valence-electron chi connectivity index (χ0n) is 13.6. The van der Waals surface area contributed by atoms with E-state index in [-0.39, 0.29) is 18.4 Å². The number of carbonyl (C=O) groups excluding carboxylic acids is 1. The highest BCUT2D eigenvalue weighted by Gasteiger charge is 2.38. The van der Waals surface area contributed by atoms with Gasteiger partial charge in [0, 0.05) is 23.5 Å². The van der Waals surface area contributed by atoms with Crippen molar-refractivity contribution >= 4 is 22.8 Å². The molecule has 0 aliphatic carbocycles. The van der Waals surface area contributed by atoms with Crippen LogP contribution < -0.4 is 0 Å². The minimum Gasteiger partial charge on any atom is -0.481 e. The van der Waals surface area contributed by atoms with E-state index in [2.05, 4.69) is 0 Å². The number of carboxylic acids is 1. The van der Waals surface area contributed by atoms with Crippen LogP contribution in [-0.4, -0.2) is 34.5 Å². The highest BCUT2D eigenvalue weighted by molar-refractivity contribution is 5.90. The molecule has 1 aliphatic rings. The number of aryl methyl sites for hydroxylation is 2. The van der Waals surface area contributed by atoms with Gasteiger partial charge in [-0.3, -0.25) is 9.59 Å². The molecular formula is C18H21NO4. The van der Waals surface area contributed by atoms with Crippen LogP contribution in [0, 0.1) is 19.8 Å². The molecule has 0 bridgehead atoms. The topological polar surface area (TPSA) is 70.8 Å². The van der Waals surface area contributed by atoms with E-state index in [9.17, 15) is 14.7 Å². The molecule has 2 aromatic rings. The molecule has 1 N–H and O–H groups in total. The standard InChI is InChI=1S/C18H21NO4/c1-10-4-5-15-13(9-23-17(15)11(10)2)8-16(20)19-7-6-14(12(19)3)18(21)22/h4-5,9,12,14H,6-8H2,1-3H3,(H,21,22). The Balaban J connectivity index is 1.82. The number of benzene rings is 1. The van der Waals surface area contributed by atoms with Gasteiger partial charge in [-0.1, -0.05) is 12.1 Å². The Kier molecular flexibility index (Phi) is 3.88. The molecule has 1 saturated heterocycles. The molecule has 3 rings (SSSR count). The summed E-state index contributed by atoms with van der Waals surface area (Å²) in [7, 11) is 0. The van der Waals surface area contributed by atoms with Gasteiger partial charge in [-0.25, -0.2) is 0 Å². The fraction of sp³-hybridized carbons (Fsp3) is 0.444. The van der Waals surface area contributed by atoms with Crippen molar-refractivity contribution in [3.8, 4) is 0 Å². The number of hydrogen-bond acceptors (Lipinski definition) is 3. The lowest BCUT2D eigenvalue weighted by atomic mass is 10.0. The number of amides is 1. The maximum absolute atomic E-state index is 12.6. The predicted octanol–water partition coefficient (Wildman–Crippen LogP) is 2.91. The maximum Gasteiger partial charge on any atom is 0.308 e. The van der Waals surface area contributed by atoms with E-state index in [4.69, 9.17) is 4.42 Å². The van der Waals surface area contributed by atoms with E-state index < -0.39 is 11.9 Å². The van der Waals surface area contributed by atoms with Gasteiger partial charge in [0.25, 0.3) is 0 Å². The molecule has 1 amide bonds. The predicted molar refractivity (Wildman–Crippen MR) is 86.3 cm³/mol. The number of fused-ring (bicyclic) bond motifs is 1. The summed E-state index contributed by atoms with van der Waals surface area (Å²) in [5.41, 5.74) is 3.92. The number of likely N-dealkylation sites (tertiary alicyclic amines) is 1. The summed E-state index contributed by atoms with van der Waals surface area (Å²) < 4.78 is 5.65. The lowest BCUT2D eigenvalue weighted by Gasteiger charge is -2.23. The average molecular weight is 315 g/mol. The van der Waals surface area contributed by atoms with Gasteiger partial charge >= 0.3 is 5.97 Å². The number of aliphatic carboxylic acids is 1. The first-order chi connectivity index (χ1) is 10.9. The molecule has 122 valence electrons. The van der Waals surface area contributed by atoms with Gasteiger partial charge < -0.3 is 14.4 Å². The van der Waals surface area contributed by atoms with Crippen molar-refractivity contribution in [2.45, 2.75) is 39.7 Å². The summed E-state index contributed by atoms with van der Waals surface area (Å²) in [6.07, 6.45) is 2.41. The van der Waals surface area contributed by atoms with E-state index in [1.807, 2.05) is 32.9 Å². The molecular weight excluding hydrogens is 294 g/mol. The Bertz CT molecular complexity index is 777. The number of furan rings is 1. The lowest BCUT2D eigenvalue weighted by Crippen LogP contribution is -2.38. The fourth-order valence-electron chi connectivity index (χ4n) is 3.41. The number of nitrogens with zero attached hydrogens (tertiary/aromatic N) is 1. The molecule has 2 unspecified atom stereocenters. The lowest BCUT2D eigenvalue weighted by molar-refractivity contribution is -0.143. The van der Waals surface area contributed by atoms with E-state index in [0.29, 0.717) is 13.0 Å². The number of hydrogen-bond donors (Lipinski definition) is 1. The zero-order chi connectivity index (χ0) is 16.7. The molecule has 1 aliphatic heterocycles. The first kappa shape index (κ1) is 15.6. The molecule has 1 fully saturated rings. The summed E-state index contributed by atoms with van der Waals surface area (Å²) in [6.45, 7) is 6.35. The number of carboxylic acid groups (broad SMARTS) is 1. The third-order valence-electron chi connectivity index (χ3n) is 5.08. The monoisotopic (exact) mass is 315 g/mol. The Labute approximate surface area is 134 Å². The molecule has 1 aromatic heterocycles. The Hall–Kier alpha value is -2.30. The number of rotatable bonds is 3. The number of carbonyl (C=O) groups is 2. The van der Waals surface area contributed by atoms with Crippen LogP contribution in [0.25, 0.3) is 11.0 Å². The molecule has 23 heavy (non-hydrogen) atoms. The quantitative estimate of drug-likeness (QED) is 0.945. The van der Waals surface area contributed by atoms with Crippen LogP contribution in [-0.2, 0) is 16.0 Å². The van der Waals surface area contributed by atoms with Crippen LogP contribution >= 0.6 is 0 Å². The molecule has 2 atom stereocenters. The normalized spacial score (nSPS) is 21.1. The van der Waals surface area contributed by atoms with Crippen LogP contribution in [0.5, 0.6) is 0 Å². The molecule has 5 nitrogen and oxygen atoms in total. The van der Waals surface area contributed by atoms with E-state index >= 15 is 0 Å². The van der Waals surface area contributed by atoms with E-state index in [1.165, 1.54) is 0 Å². The molecule has 1 aromatic carbocycles. The van der Waals surface area contributed by atoms with Crippen molar-refractivity contribution in [2.24, 2.45) is 5.92 Å². The Morgan fingerprint density at radius 2 is 2.09 bits per heavy atom. The zero-order valence-corrected chi connectivity index (χ0v) is 13.6. The van der Waals surface area contributed by atoms with Gasteiger partial charge in [0.05, 0.1) is 18.6 Å². The van der Waals surface area contributed by atoms with Gasteiger partial charge in [-0.05, 0) is 38.3 Å². The fourth-order valence-corrected chi connectivity index (χ4v) is 3.41. The van der Waals surface area contributed by atoms with Crippen molar-refractivity contribution < 1.29 is 19.1 Å². The average Bonchev–Trinajstić information content (AvgIpc) is 3.07. The van der Waals surface area contributed by atoms with Crippen LogP contribution in [0.3, 0.4) is 0 Å². The summed E-state index contributed by atoms with van der Waals surface area (Å²) in [6, 6.07) is 3.75. The first-order valence-electron chi connectivity index (χ1n) is 7.88. The van der Waals surface area contributed by atoms with Gasteiger partial charge in [0.15, 0.2) is 0 Å². The highest BCUT2D eigenvalue weighted by Crippen LogP contribution is 2.29. The van der Waals surface area contributed by atoms with Crippen LogP contribution in [0.15, 0.2) is 22.8 Å². The van der Waals surface area contributed by atoms with Crippen LogP contribution in [0.1, 0.15) is 30.0 Å². The van der Waals surface area contributed by atoms with Crippen molar-refractivity contribution in [1.29, 1.82) is 0 Å². The van der Waals surface area contributed by atoms with Crippen molar-refractivity contribution in [3.05, 3.63) is 35.1 Å². The molecule has 0 radical (unpaired) electrons. The smallest absolute Gasteiger partial charge is 0.308 e. The minimum atomic E-state index is -0.826. The van der Waals surface area contributed by atoms with Gasteiger partial charge in [-0.2, -0.15) is 0 Å². The summed E-state index contributed by atoms with van der Waals surface area (Å²) in [4.78, 5) is 25.4. The summed E-state index contributed by atoms with van der Waals surface area (Å²) in [5, 5.41) is 10.1. The highest BCUT2D eigenvalue weighted by atomic mass is 16.4. The SMILES string of the molecule is Cc1ccc2c(CC(=O)N3CCC(C(=O)O)C3C)coc2c1C. The molecule has 2 heterocycles. The summed E-state index contributed by atoms with van der Waals surface area (Å²) in [5.74, 6) is -1.33. The first-order valence-corrected chi connectivity index (χ1v) is 7.88. The van der Waals surface area contributed by atoms with Gasteiger partial charge in [0.1, 0.15) is 5.58 Å². The third kappa shape index (κ3) is 2.60. The molecule has 5 heteroatoms. The Morgan fingerprint density at radius 3 is 2.74 bits per heavy atom. The van der Waals surface area contributed by atoms with Gasteiger partial charge in [0.2, 0.25) is 5.91 Å². The Morgan fingerprint density at radius 1 is 1.35 bits per heavy atom. The second-order valence-corrected chi connectivity index (χ2v) is 6.38. The molecule has 0 saturated carbocycles. The van der Waals surface area contributed by atoms with Crippen molar-refractivity contribution in [3.63, 3.8) is 0 Å². The van der Waals surface area contributed by atoms with Gasteiger partial charge in [-0.15, -0.1) is 0 Å². The second kappa shape index (κ2) is 5.72. The van der Waals surface area contributed by atoms with E-state index in [1.54, 1.807) is 11.2 Å². The largest absolute Gasteiger partial charge is 0.481 e. The third-order valence-corrected chi connectivity index (χ3v) is 5.08. The second-order valence-electron chi connectivity index (χ2n) is 6.38. The minimum absolute atomic E-state index is 0.0396. The van der Waals surface area contributed by atoms with Crippen LogP contribution in [0.2, 0.25) is 0 Å². The summed E-state index contributed by atoms with van der Waals surface area (Å²) >= 11 is 0. The van der Waals surface area contributed by atoms with Crippen molar-refractivity contribution in [2.75, 3.05) is 6.54 Å². The van der Waals surface area contributed by atoms with E-state index in [0.717, 1.165) is 27.7 Å².